The molecule has 6 nitrogen and oxygen atoms in total. The van der Waals surface area contributed by atoms with Crippen LogP contribution in [-0.2, 0) is 10.2 Å². The van der Waals surface area contributed by atoms with Gasteiger partial charge in [-0.1, -0.05) is 19.9 Å². The molecule has 0 amide bonds. The van der Waals surface area contributed by atoms with E-state index < -0.39 is 10.2 Å². The van der Waals surface area contributed by atoms with Gasteiger partial charge < -0.3 is 9.47 Å². The van der Waals surface area contributed by atoms with Gasteiger partial charge in [-0.05, 0) is 48.8 Å². The van der Waals surface area contributed by atoms with Gasteiger partial charge in [0.25, 0.3) is 10.2 Å². The lowest BCUT2D eigenvalue weighted by Crippen LogP contribution is -2.49. The van der Waals surface area contributed by atoms with Crippen LogP contribution in [0.25, 0.3) is 0 Å². The van der Waals surface area contributed by atoms with Crippen LogP contribution in [0.3, 0.4) is 0 Å². The first kappa shape index (κ1) is 19.5. The van der Waals surface area contributed by atoms with E-state index in [1.165, 1.54) is 0 Å². The van der Waals surface area contributed by atoms with Crippen molar-refractivity contribution in [1.29, 1.82) is 0 Å². The molecule has 3 rings (SSSR count). The zero-order valence-corrected chi connectivity index (χ0v) is 17.0. The van der Waals surface area contributed by atoms with Gasteiger partial charge in [0.05, 0.1) is 20.3 Å². The zero-order chi connectivity index (χ0) is 18.9. The summed E-state index contributed by atoms with van der Waals surface area (Å²) in [6, 6.07) is 5.55. The van der Waals surface area contributed by atoms with Crippen LogP contribution in [0.5, 0.6) is 11.5 Å². The standard InChI is InChI=1S/C19H30N2O4S/c1-14-10-15(2)13-20(12-14)26(22,23)21-9-5-6-17(21)16-7-8-18(24-3)19(11-16)25-4/h7-8,11,14-15,17H,5-6,9-10,12-13H2,1-4H3/t14-,15+,17-/m0/s1. The first-order valence-corrected chi connectivity index (χ1v) is 10.7. The molecule has 0 aliphatic carbocycles. The fraction of sp³-hybridized carbons (Fsp3) is 0.684. The molecule has 0 bridgehead atoms. The molecule has 2 aliphatic heterocycles. The van der Waals surface area contributed by atoms with Gasteiger partial charge in [0.15, 0.2) is 11.5 Å². The Hall–Kier alpha value is -1.31. The summed E-state index contributed by atoms with van der Waals surface area (Å²) in [6.45, 7) is 6.06. The molecule has 3 atom stereocenters. The van der Waals surface area contributed by atoms with E-state index in [2.05, 4.69) is 13.8 Å². The Morgan fingerprint density at radius 3 is 2.31 bits per heavy atom. The van der Waals surface area contributed by atoms with Crippen molar-refractivity contribution >= 4 is 10.2 Å². The van der Waals surface area contributed by atoms with Gasteiger partial charge in [-0.3, -0.25) is 0 Å². The highest BCUT2D eigenvalue weighted by Crippen LogP contribution is 2.39. The predicted molar refractivity (Wildman–Crippen MR) is 102 cm³/mol. The van der Waals surface area contributed by atoms with Crippen LogP contribution in [-0.4, -0.2) is 50.9 Å². The molecule has 2 heterocycles. The molecule has 1 aromatic carbocycles. The van der Waals surface area contributed by atoms with Crippen LogP contribution < -0.4 is 9.47 Å². The highest BCUT2D eigenvalue weighted by molar-refractivity contribution is 7.86. The van der Waals surface area contributed by atoms with Gasteiger partial charge >= 0.3 is 0 Å². The van der Waals surface area contributed by atoms with Crippen LogP contribution in [0, 0.1) is 11.8 Å². The summed E-state index contributed by atoms with van der Waals surface area (Å²) < 4.78 is 40.7. The van der Waals surface area contributed by atoms with Crippen LogP contribution >= 0.6 is 0 Å². The SMILES string of the molecule is COc1ccc([C@@H]2CCCN2S(=O)(=O)N2C[C@H](C)C[C@H](C)C2)cc1OC. The maximum absolute atomic E-state index is 13.3. The van der Waals surface area contributed by atoms with Crippen LogP contribution in [0.2, 0.25) is 0 Å². The van der Waals surface area contributed by atoms with Gasteiger partial charge in [0, 0.05) is 19.6 Å². The van der Waals surface area contributed by atoms with Gasteiger partial charge in [-0.2, -0.15) is 17.0 Å². The molecule has 0 N–H and O–H groups in total. The smallest absolute Gasteiger partial charge is 0.282 e. The fourth-order valence-electron chi connectivity index (χ4n) is 4.35. The Morgan fingerprint density at radius 1 is 1.04 bits per heavy atom. The van der Waals surface area contributed by atoms with E-state index in [0.29, 0.717) is 43.0 Å². The third kappa shape index (κ3) is 3.70. The summed E-state index contributed by atoms with van der Waals surface area (Å²) in [5.41, 5.74) is 0.960. The molecule has 2 saturated heterocycles. The number of benzene rings is 1. The third-order valence-corrected chi connectivity index (χ3v) is 7.43. The minimum atomic E-state index is -3.47. The molecule has 0 spiro atoms. The maximum Gasteiger partial charge on any atom is 0.282 e. The first-order valence-electron chi connectivity index (χ1n) is 9.35. The van der Waals surface area contributed by atoms with E-state index >= 15 is 0 Å². The molecular weight excluding hydrogens is 352 g/mol. The van der Waals surface area contributed by atoms with Gasteiger partial charge in [0.1, 0.15) is 0 Å². The van der Waals surface area contributed by atoms with E-state index in [-0.39, 0.29) is 6.04 Å². The number of methoxy groups -OCH3 is 2. The summed E-state index contributed by atoms with van der Waals surface area (Å²) in [5, 5.41) is 0. The van der Waals surface area contributed by atoms with Crippen molar-refractivity contribution in [3.63, 3.8) is 0 Å². The Bertz CT molecular complexity index is 727. The molecule has 7 heteroatoms. The fourth-order valence-corrected chi connectivity index (χ4v) is 6.44. The Kier molecular flexibility index (Phi) is 5.79. The quantitative estimate of drug-likeness (QED) is 0.785. The second-order valence-electron chi connectivity index (χ2n) is 7.65. The number of rotatable bonds is 5. The molecule has 0 aromatic heterocycles. The average Bonchev–Trinajstić information content (AvgIpc) is 3.10. The van der Waals surface area contributed by atoms with Crippen LogP contribution in [0.1, 0.15) is 44.7 Å². The van der Waals surface area contributed by atoms with Crippen molar-refractivity contribution in [2.75, 3.05) is 33.9 Å². The van der Waals surface area contributed by atoms with Crippen molar-refractivity contribution < 1.29 is 17.9 Å². The Balaban J connectivity index is 1.88. The number of hydrogen-bond donors (Lipinski definition) is 0. The number of nitrogens with zero attached hydrogens (tertiary/aromatic N) is 2. The van der Waals surface area contributed by atoms with Crippen molar-refractivity contribution in [2.24, 2.45) is 11.8 Å². The lowest BCUT2D eigenvalue weighted by atomic mass is 9.94. The van der Waals surface area contributed by atoms with Gasteiger partial charge in [-0.25, -0.2) is 0 Å². The van der Waals surface area contributed by atoms with Crippen molar-refractivity contribution in [3.8, 4) is 11.5 Å². The monoisotopic (exact) mass is 382 g/mol. The lowest BCUT2D eigenvalue weighted by molar-refractivity contribution is 0.206. The molecule has 146 valence electrons. The molecule has 0 radical (unpaired) electrons. The second kappa shape index (κ2) is 7.74. The molecule has 1 aromatic rings. The summed E-state index contributed by atoms with van der Waals surface area (Å²) in [5.74, 6) is 2.09. The highest BCUT2D eigenvalue weighted by atomic mass is 32.2. The molecule has 0 unspecified atom stereocenters. The molecule has 2 fully saturated rings. The minimum Gasteiger partial charge on any atom is -0.493 e. The van der Waals surface area contributed by atoms with Crippen molar-refractivity contribution in [2.45, 2.75) is 39.2 Å². The molecule has 0 saturated carbocycles. The summed E-state index contributed by atoms with van der Waals surface area (Å²) in [6.07, 6.45) is 2.79. The van der Waals surface area contributed by atoms with E-state index in [1.807, 2.05) is 18.2 Å². The lowest BCUT2D eigenvalue weighted by Gasteiger charge is -2.37. The van der Waals surface area contributed by atoms with Crippen LogP contribution in [0.4, 0.5) is 0 Å². The zero-order valence-electron chi connectivity index (χ0n) is 16.1. The Morgan fingerprint density at radius 2 is 1.69 bits per heavy atom. The normalized spacial score (nSPS) is 28.2. The summed E-state index contributed by atoms with van der Waals surface area (Å²) in [4.78, 5) is 0. The summed E-state index contributed by atoms with van der Waals surface area (Å²) >= 11 is 0. The van der Waals surface area contributed by atoms with E-state index in [4.69, 9.17) is 9.47 Å². The minimum absolute atomic E-state index is 0.146. The van der Waals surface area contributed by atoms with Crippen LogP contribution in [0.15, 0.2) is 18.2 Å². The average molecular weight is 383 g/mol. The predicted octanol–water partition coefficient (Wildman–Crippen LogP) is 3.06. The summed E-state index contributed by atoms with van der Waals surface area (Å²) in [7, 11) is -0.267. The molecule has 26 heavy (non-hydrogen) atoms. The second-order valence-corrected chi connectivity index (χ2v) is 9.54. The largest absolute Gasteiger partial charge is 0.493 e. The third-order valence-electron chi connectivity index (χ3n) is 5.45. The highest BCUT2D eigenvalue weighted by Gasteiger charge is 2.41. The maximum atomic E-state index is 13.3. The molecular formula is C19H30N2O4S. The van der Waals surface area contributed by atoms with Gasteiger partial charge in [-0.15, -0.1) is 0 Å². The Labute approximate surface area is 157 Å². The van der Waals surface area contributed by atoms with E-state index in [0.717, 1.165) is 24.8 Å². The van der Waals surface area contributed by atoms with Gasteiger partial charge in [0.2, 0.25) is 0 Å². The van der Waals surface area contributed by atoms with Crippen molar-refractivity contribution in [1.82, 2.24) is 8.61 Å². The van der Waals surface area contributed by atoms with E-state index in [9.17, 15) is 8.42 Å². The number of hydrogen-bond acceptors (Lipinski definition) is 4. The number of piperidine rings is 1. The topological polar surface area (TPSA) is 59.1 Å². The first-order chi connectivity index (χ1) is 12.4. The number of ether oxygens (including phenoxy) is 2. The van der Waals surface area contributed by atoms with Crippen molar-refractivity contribution in [3.05, 3.63) is 23.8 Å². The van der Waals surface area contributed by atoms with E-state index in [1.54, 1.807) is 22.8 Å². The molecule has 2 aliphatic rings.